The number of alkyl halides is 3. The summed E-state index contributed by atoms with van der Waals surface area (Å²) in [6, 6.07) is 2.07. The zero-order valence-corrected chi connectivity index (χ0v) is 15.9. The summed E-state index contributed by atoms with van der Waals surface area (Å²) < 4.78 is 46.1. The Morgan fingerprint density at radius 1 is 1.28 bits per heavy atom. The van der Waals surface area contributed by atoms with Crippen LogP contribution in [0.25, 0.3) is 5.65 Å². The summed E-state index contributed by atoms with van der Waals surface area (Å²) >= 11 is 0. The van der Waals surface area contributed by atoms with E-state index in [0.29, 0.717) is 36.5 Å². The summed E-state index contributed by atoms with van der Waals surface area (Å²) in [5.41, 5.74) is 0.404. The van der Waals surface area contributed by atoms with Gasteiger partial charge < -0.3 is 4.90 Å². The molecule has 1 fully saturated rings. The van der Waals surface area contributed by atoms with Gasteiger partial charge in [0.15, 0.2) is 11.3 Å². The topological polar surface area (TPSA) is 89.4 Å². The number of aryl methyl sites for hydroxylation is 2. The van der Waals surface area contributed by atoms with Crippen LogP contribution >= 0.6 is 0 Å². The van der Waals surface area contributed by atoms with E-state index in [4.69, 9.17) is 0 Å². The molecule has 8 nitrogen and oxygen atoms in total. The second kappa shape index (κ2) is 7.12. The Morgan fingerprint density at radius 3 is 2.72 bits per heavy atom. The summed E-state index contributed by atoms with van der Waals surface area (Å²) in [5, 5.41) is 11.5. The van der Waals surface area contributed by atoms with Gasteiger partial charge in [0.2, 0.25) is 0 Å². The third-order valence-electron chi connectivity index (χ3n) is 5.11. The first-order valence-corrected chi connectivity index (χ1v) is 9.36. The van der Waals surface area contributed by atoms with E-state index in [1.165, 1.54) is 6.07 Å². The number of hydrogen-bond acceptors (Lipinski definition) is 6. The van der Waals surface area contributed by atoms with Gasteiger partial charge in [0.05, 0.1) is 11.7 Å². The predicted molar refractivity (Wildman–Crippen MR) is 94.0 cm³/mol. The van der Waals surface area contributed by atoms with Crippen LogP contribution in [0, 0.1) is 6.92 Å². The van der Waals surface area contributed by atoms with Crippen LogP contribution in [0.2, 0.25) is 0 Å². The first kappa shape index (κ1) is 19.3. The normalized spacial score (nSPS) is 17.8. The maximum absolute atomic E-state index is 13.5. The predicted octanol–water partition coefficient (Wildman–Crippen LogP) is 3.37. The smallest absolute Gasteiger partial charge is 0.328 e. The maximum atomic E-state index is 13.5. The molecule has 29 heavy (non-hydrogen) atoms. The molecule has 0 aliphatic carbocycles. The van der Waals surface area contributed by atoms with Crippen LogP contribution in [0.15, 0.2) is 16.8 Å². The average molecular weight is 408 g/mol. The fourth-order valence-corrected chi connectivity index (χ4v) is 3.63. The molecule has 0 N–H and O–H groups in total. The molecular formula is C18H19F3N6O2. The summed E-state index contributed by atoms with van der Waals surface area (Å²) in [6.07, 6.45) is -2.00. The Labute approximate surface area is 163 Å². The zero-order chi connectivity index (χ0) is 20.8. The standard InChI is InChI=1S/C18H19F3N6O2/c1-3-11-8-14(18(19,20)21)27-15(22-11)9-12(23-27)13-6-4-5-7-26(13)17(28)16-10(2)24-29-25-16/h8-9,13H,3-7H2,1-2H3. The largest absolute Gasteiger partial charge is 0.433 e. The van der Waals surface area contributed by atoms with Crippen molar-refractivity contribution in [1.29, 1.82) is 0 Å². The van der Waals surface area contributed by atoms with Crippen molar-refractivity contribution in [2.45, 2.75) is 51.7 Å². The van der Waals surface area contributed by atoms with Crippen LogP contribution in [0.3, 0.4) is 0 Å². The monoisotopic (exact) mass is 408 g/mol. The van der Waals surface area contributed by atoms with E-state index in [9.17, 15) is 18.0 Å². The van der Waals surface area contributed by atoms with Gasteiger partial charge in [0.25, 0.3) is 5.91 Å². The highest BCUT2D eigenvalue weighted by Gasteiger charge is 2.37. The summed E-state index contributed by atoms with van der Waals surface area (Å²) in [4.78, 5) is 18.8. The number of carbonyl (C=O) groups is 1. The van der Waals surface area contributed by atoms with Crippen molar-refractivity contribution in [3.05, 3.63) is 40.6 Å². The Balaban J connectivity index is 1.78. The molecule has 1 unspecified atom stereocenters. The lowest BCUT2D eigenvalue weighted by atomic mass is 9.99. The van der Waals surface area contributed by atoms with Gasteiger partial charge in [0.1, 0.15) is 11.4 Å². The molecule has 3 aromatic heterocycles. The lowest BCUT2D eigenvalue weighted by Gasteiger charge is -2.34. The van der Waals surface area contributed by atoms with E-state index in [1.54, 1.807) is 18.7 Å². The number of halogens is 3. The van der Waals surface area contributed by atoms with E-state index in [-0.39, 0.29) is 17.2 Å². The molecule has 3 aromatic rings. The van der Waals surface area contributed by atoms with E-state index in [2.05, 4.69) is 25.0 Å². The zero-order valence-electron chi connectivity index (χ0n) is 15.9. The molecular weight excluding hydrogens is 389 g/mol. The molecule has 4 rings (SSSR count). The number of fused-ring (bicyclic) bond motifs is 1. The number of likely N-dealkylation sites (tertiary alicyclic amines) is 1. The van der Waals surface area contributed by atoms with Crippen molar-refractivity contribution in [2.75, 3.05) is 6.54 Å². The van der Waals surface area contributed by atoms with Crippen molar-refractivity contribution in [2.24, 2.45) is 0 Å². The second-order valence-corrected chi connectivity index (χ2v) is 7.03. The number of carbonyl (C=O) groups excluding carboxylic acids is 1. The Hall–Kier alpha value is -2.98. The quantitative estimate of drug-likeness (QED) is 0.660. The molecule has 0 saturated carbocycles. The van der Waals surface area contributed by atoms with Crippen LogP contribution in [0.5, 0.6) is 0 Å². The third-order valence-corrected chi connectivity index (χ3v) is 5.11. The first-order chi connectivity index (χ1) is 13.8. The minimum atomic E-state index is -4.57. The van der Waals surface area contributed by atoms with Gasteiger partial charge in [-0.15, -0.1) is 0 Å². The highest BCUT2D eigenvalue weighted by molar-refractivity contribution is 5.93. The Morgan fingerprint density at radius 2 is 2.07 bits per heavy atom. The van der Waals surface area contributed by atoms with Crippen LogP contribution in [-0.2, 0) is 12.6 Å². The van der Waals surface area contributed by atoms with Crippen LogP contribution < -0.4 is 0 Å². The van der Waals surface area contributed by atoms with E-state index >= 15 is 0 Å². The molecule has 1 aliphatic rings. The number of nitrogens with zero attached hydrogens (tertiary/aromatic N) is 6. The fraction of sp³-hybridized carbons (Fsp3) is 0.500. The van der Waals surface area contributed by atoms with Gasteiger partial charge in [-0.3, -0.25) is 4.79 Å². The van der Waals surface area contributed by atoms with Crippen molar-refractivity contribution < 1.29 is 22.6 Å². The molecule has 0 aromatic carbocycles. The molecule has 0 radical (unpaired) electrons. The molecule has 1 saturated heterocycles. The Bertz CT molecular complexity index is 1060. The summed E-state index contributed by atoms with van der Waals surface area (Å²) in [7, 11) is 0. The first-order valence-electron chi connectivity index (χ1n) is 9.36. The second-order valence-electron chi connectivity index (χ2n) is 7.03. The number of hydrogen-bond donors (Lipinski definition) is 0. The van der Waals surface area contributed by atoms with Gasteiger partial charge >= 0.3 is 6.18 Å². The molecule has 0 bridgehead atoms. The number of rotatable bonds is 3. The molecule has 1 atom stereocenters. The number of aromatic nitrogens is 5. The van der Waals surface area contributed by atoms with Crippen molar-refractivity contribution in [1.82, 2.24) is 29.8 Å². The third kappa shape index (κ3) is 3.45. The van der Waals surface area contributed by atoms with Gasteiger partial charge in [-0.05, 0) is 43.8 Å². The molecule has 0 spiro atoms. The van der Waals surface area contributed by atoms with Crippen molar-refractivity contribution in [3.63, 3.8) is 0 Å². The van der Waals surface area contributed by atoms with Crippen LogP contribution in [-0.4, -0.2) is 42.3 Å². The number of piperidine rings is 1. The highest BCUT2D eigenvalue weighted by atomic mass is 19.4. The molecule has 1 amide bonds. The molecule has 11 heteroatoms. The molecule has 4 heterocycles. The van der Waals surface area contributed by atoms with Gasteiger partial charge in [0, 0.05) is 18.3 Å². The van der Waals surface area contributed by atoms with Crippen LogP contribution in [0.1, 0.15) is 65.5 Å². The SMILES string of the molecule is CCc1cc(C(F)(F)F)n2nc(C3CCCCN3C(=O)c3nonc3C)cc2n1. The summed E-state index contributed by atoms with van der Waals surface area (Å²) in [5.74, 6) is -0.372. The molecule has 1 aliphatic heterocycles. The lowest BCUT2D eigenvalue weighted by Crippen LogP contribution is -2.39. The lowest BCUT2D eigenvalue weighted by molar-refractivity contribution is -0.142. The van der Waals surface area contributed by atoms with E-state index in [0.717, 1.165) is 23.4 Å². The van der Waals surface area contributed by atoms with Crippen molar-refractivity contribution >= 4 is 11.6 Å². The van der Waals surface area contributed by atoms with Gasteiger partial charge in [-0.2, -0.15) is 18.3 Å². The van der Waals surface area contributed by atoms with E-state index < -0.39 is 17.9 Å². The number of amides is 1. The van der Waals surface area contributed by atoms with Crippen molar-refractivity contribution in [3.8, 4) is 0 Å². The van der Waals surface area contributed by atoms with Gasteiger partial charge in [-0.25, -0.2) is 14.1 Å². The maximum Gasteiger partial charge on any atom is 0.433 e. The fourth-order valence-electron chi connectivity index (χ4n) is 3.63. The highest BCUT2D eigenvalue weighted by Crippen LogP contribution is 2.34. The summed E-state index contributed by atoms with van der Waals surface area (Å²) in [6.45, 7) is 3.80. The molecule has 154 valence electrons. The average Bonchev–Trinajstić information content (AvgIpc) is 3.31. The van der Waals surface area contributed by atoms with E-state index in [1.807, 2.05) is 0 Å². The van der Waals surface area contributed by atoms with Gasteiger partial charge in [-0.1, -0.05) is 12.1 Å². The minimum absolute atomic E-state index is 0.100. The Kier molecular flexibility index (Phi) is 4.75. The van der Waals surface area contributed by atoms with Crippen LogP contribution in [0.4, 0.5) is 13.2 Å². The minimum Gasteiger partial charge on any atom is -0.328 e.